The minimum absolute atomic E-state index is 0.196. The summed E-state index contributed by atoms with van der Waals surface area (Å²) in [6, 6.07) is 7.52. The van der Waals surface area contributed by atoms with Gasteiger partial charge in [0.1, 0.15) is 12.3 Å². The van der Waals surface area contributed by atoms with Gasteiger partial charge in [-0.1, -0.05) is 26.0 Å². The van der Waals surface area contributed by atoms with Gasteiger partial charge in [0.05, 0.1) is 6.61 Å². The van der Waals surface area contributed by atoms with Gasteiger partial charge >= 0.3 is 5.97 Å². The highest BCUT2D eigenvalue weighted by atomic mass is 16.5. The second kappa shape index (κ2) is 9.04. The molecule has 0 fully saturated rings. The molecule has 0 heterocycles. The molecular formula is C16H23NO5. The molecule has 0 aliphatic carbocycles. The van der Waals surface area contributed by atoms with E-state index < -0.39 is 5.97 Å². The molecule has 1 aromatic rings. The number of methoxy groups -OCH3 is 1. The smallest absolute Gasteiger partial charge is 0.323 e. The summed E-state index contributed by atoms with van der Waals surface area (Å²) in [4.78, 5) is 24.1. The van der Waals surface area contributed by atoms with Gasteiger partial charge < -0.3 is 19.5 Å². The van der Waals surface area contributed by atoms with Crippen LogP contribution in [0, 0.1) is 0 Å². The van der Waals surface area contributed by atoms with Crippen LogP contribution in [0.4, 0.5) is 0 Å². The Labute approximate surface area is 130 Å². The maximum Gasteiger partial charge on any atom is 0.323 e. The number of ether oxygens (including phenoxy) is 2. The summed E-state index contributed by atoms with van der Waals surface area (Å²) in [7, 11) is 1.50. The topological polar surface area (TPSA) is 76.1 Å². The van der Waals surface area contributed by atoms with Crippen LogP contribution in [-0.2, 0) is 14.3 Å². The van der Waals surface area contributed by atoms with Crippen molar-refractivity contribution in [2.45, 2.75) is 19.8 Å². The Morgan fingerprint density at radius 3 is 2.64 bits per heavy atom. The number of hydrogen-bond donors (Lipinski definition) is 1. The number of amides is 1. The zero-order valence-corrected chi connectivity index (χ0v) is 13.2. The van der Waals surface area contributed by atoms with Crippen LogP contribution in [0.1, 0.15) is 25.3 Å². The van der Waals surface area contributed by atoms with Crippen LogP contribution in [-0.4, -0.2) is 55.3 Å². The van der Waals surface area contributed by atoms with Crippen molar-refractivity contribution in [2.75, 3.05) is 33.4 Å². The third-order valence-electron chi connectivity index (χ3n) is 3.13. The van der Waals surface area contributed by atoms with Gasteiger partial charge in [-0.25, -0.2) is 0 Å². The minimum atomic E-state index is -1.06. The van der Waals surface area contributed by atoms with Crippen molar-refractivity contribution in [1.82, 2.24) is 4.90 Å². The van der Waals surface area contributed by atoms with Crippen LogP contribution in [0.3, 0.4) is 0 Å². The van der Waals surface area contributed by atoms with Gasteiger partial charge in [0.25, 0.3) is 5.91 Å². The third-order valence-corrected chi connectivity index (χ3v) is 3.13. The molecule has 1 rings (SSSR count). The quantitative estimate of drug-likeness (QED) is 0.752. The van der Waals surface area contributed by atoms with Crippen molar-refractivity contribution in [3.63, 3.8) is 0 Å². The van der Waals surface area contributed by atoms with E-state index in [9.17, 15) is 9.59 Å². The molecular weight excluding hydrogens is 286 g/mol. The molecule has 0 radical (unpaired) electrons. The third kappa shape index (κ3) is 6.13. The van der Waals surface area contributed by atoms with Gasteiger partial charge in [0.2, 0.25) is 0 Å². The van der Waals surface area contributed by atoms with Crippen molar-refractivity contribution >= 4 is 11.9 Å². The fraction of sp³-hybridized carbons (Fsp3) is 0.500. The highest BCUT2D eigenvalue weighted by Gasteiger charge is 2.17. The van der Waals surface area contributed by atoms with Crippen molar-refractivity contribution in [1.29, 1.82) is 0 Å². The Morgan fingerprint density at radius 1 is 1.32 bits per heavy atom. The van der Waals surface area contributed by atoms with E-state index in [1.54, 1.807) is 6.07 Å². The van der Waals surface area contributed by atoms with Crippen LogP contribution in [0.2, 0.25) is 0 Å². The highest BCUT2D eigenvalue weighted by Crippen LogP contribution is 2.20. The predicted octanol–water partition coefficient (Wildman–Crippen LogP) is 1.75. The molecule has 22 heavy (non-hydrogen) atoms. The zero-order chi connectivity index (χ0) is 16.5. The van der Waals surface area contributed by atoms with Gasteiger partial charge in [-0.15, -0.1) is 0 Å². The Balaban J connectivity index is 2.61. The normalized spacial score (nSPS) is 10.5. The minimum Gasteiger partial charge on any atom is -0.484 e. The van der Waals surface area contributed by atoms with Crippen LogP contribution >= 0.6 is 0 Å². The monoisotopic (exact) mass is 309 g/mol. The van der Waals surface area contributed by atoms with E-state index in [0.29, 0.717) is 11.7 Å². The van der Waals surface area contributed by atoms with Gasteiger partial charge in [0, 0.05) is 13.7 Å². The molecule has 1 N–H and O–H groups in total. The number of carbonyl (C=O) groups excluding carboxylic acids is 1. The summed E-state index contributed by atoms with van der Waals surface area (Å²) < 4.78 is 10.4. The predicted molar refractivity (Wildman–Crippen MR) is 82.1 cm³/mol. The number of aliphatic carboxylic acids is 1. The number of carboxylic acid groups (broad SMARTS) is 1. The largest absolute Gasteiger partial charge is 0.484 e. The van der Waals surface area contributed by atoms with Crippen molar-refractivity contribution in [3.8, 4) is 5.75 Å². The molecule has 6 heteroatoms. The van der Waals surface area contributed by atoms with E-state index in [0.717, 1.165) is 5.56 Å². The maximum atomic E-state index is 12.1. The lowest BCUT2D eigenvalue weighted by molar-refractivity contribution is -0.145. The molecule has 0 aliphatic heterocycles. The van der Waals surface area contributed by atoms with Crippen LogP contribution in [0.25, 0.3) is 0 Å². The fourth-order valence-electron chi connectivity index (χ4n) is 1.86. The molecule has 0 saturated carbocycles. The average molecular weight is 309 g/mol. The molecule has 0 aromatic heterocycles. The molecule has 1 aromatic carbocycles. The molecule has 0 atom stereocenters. The number of carboxylic acids is 1. The van der Waals surface area contributed by atoms with E-state index in [1.165, 1.54) is 12.0 Å². The summed E-state index contributed by atoms with van der Waals surface area (Å²) >= 11 is 0. The highest BCUT2D eigenvalue weighted by molar-refractivity contribution is 5.82. The summed E-state index contributed by atoms with van der Waals surface area (Å²) in [6.07, 6.45) is 0. The lowest BCUT2D eigenvalue weighted by Gasteiger charge is -2.20. The fourth-order valence-corrected chi connectivity index (χ4v) is 1.86. The number of carbonyl (C=O) groups is 2. The Bertz CT molecular complexity index is 501. The van der Waals surface area contributed by atoms with Crippen LogP contribution in [0.15, 0.2) is 24.3 Å². The van der Waals surface area contributed by atoms with E-state index in [-0.39, 0.29) is 32.2 Å². The molecule has 0 aliphatic rings. The second-order valence-corrected chi connectivity index (χ2v) is 5.22. The molecule has 0 saturated heterocycles. The summed E-state index contributed by atoms with van der Waals surface area (Å²) in [6.45, 7) is 4.09. The number of rotatable bonds is 9. The van der Waals surface area contributed by atoms with Gasteiger partial charge in [-0.3, -0.25) is 9.59 Å². The van der Waals surface area contributed by atoms with E-state index in [2.05, 4.69) is 13.8 Å². The average Bonchev–Trinajstić information content (AvgIpc) is 2.49. The Hall–Kier alpha value is -2.08. The van der Waals surface area contributed by atoms with Crippen molar-refractivity contribution < 1.29 is 24.2 Å². The lowest BCUT2D eigenvalue weighted by atomic mass is 10.0. The van der Waals surface area contributed by atoms with Crippen LogP contribution < -0.4 is 4.74 Å². The molecule has 122 valence electrons. The first kappa shape index (κ1) is 18.0. The van der Waals surface area contributed by atoms with Crippen LogP contribution in [0.5, 0.6) is 5.75 Å². The first-order valence-electron chi connectivity index (χ1n) is 7.15. The molecule has 0 spiro atoms. The Morgan fingerprint density at radius 2 is 2.05 bits per heavy atom. The number of hydrogen-bond acceptors (Lipinski definition) is 4. The summed E-state index contributed by atoms with van der Waals surface area (Å²) in [5.74, 6) is -0.480. The molecule has 0 unspecified atom stereocenters. The summed E-state index contributed by atoms with van der Waals surface area (Å²) in [5.41, 5.74) is 1.12. The van der Waals surface area contributed by atoms with E-state index in [1.807, 2.05) is 18.2 Å². The van der Waals surface area contributed by atoms with Gasteiger partial charge in [-0.05, 0) is 23.6 Å². The zero-order valence-electron chi connectivity index (χ0n) is 13.2. The second-order valence-electron chi connectivity index (χ2n) is 5.22. The Kier molecular flexibility index (Phi) is 7.39. The van der Waals surface area contributed by atoms with Gasteiger partial charge in [0.15, 0.2) is 6.61 Å². The standard InChI is InChI=1S/C16H23NO5/c1-12(2)13-5-4-6-14(9-13)22-11-15(18)17(7-8-21-3)10-16(19)20/h4-6,9,12H,7-8,10-11H2,1-3H3,(H,19,20). The molecule has 0 bridgehead atoms. The first-order chi connectivity index (χ1) is 10.4. The molecule has 6 nitrogen and oxygen atoms in total. The van der Waals surface area contributed by atoms with E-state index in [4.69, 9.17) is 14.6 Å². The van der Waals surface area contributed by atoms with Crippen molar-refractivity contribution in [3.05, 3.63) is 29.8 Å². The SMILES string of the molecule is COCCN(CC(=O)O)C(=O)COc1cccc(C(C)C)c1. The number of benzene rings is 1. The molecule has 1 amide bonds. The lowest BCUT2D eigenvalue weighted by Crippen LogP contribution is -2.40. The summed E-state index contributed by atoms with van der Waals surface area (Å²) in [5, 5.41) is 8.84. The van der Waals surface area contributed by atoms with Gasteiger partial charge in [-0.2, -0.15) is 0 Å². The maximum absolute atomic E-state index is 12.1. The number of nitrogens with zero attached hydrogens (tertiary/aromatic N) is 1. The van der Waals surface area contributed by atoms with Crippen molar-refractivity contribution in [2.24, 2.45) is 0 Å². The first-order valence-corrected chi connectivity index (χ1v) is 7.15. The van der Waals surface area contributed by atoms with E-state index >= 15 is 0 Å².